The molecule has 0 fully saturated rings. The van der Waals surface area contributed by atoms with E-state index in [1.807, 2.05) is 6.92 Å². The van der Waals surface area contributed by atoms with Crippen molar-refractivity contribution in [2.24, 2.45) is 0 Å². The number of benzene rings is 1. The van der Waals surface area contributed by atoms with E-state index in [9.17, 15) is 13.2 Å². The first kappa shape index (κ1) is 13.7. The number of anilines is 1. The van der Waals surface area contributed by atoms with E-state index in [1.165, 1.54) is 6.07 Å². The fourth-order valence-electron chi connectivity index (χ4n) is 1.67. The number of aromatic nitrogens is 2. The Morgan fingerprint density at radius 2 is 2.11 bits per heavy atom. The van der Waals surface area contributed by atoms with E-state index in [-0.39, 0.29) is 5.02 Å². The van der Waals surface area contributed by atoms with E-state index in [0.717, 1.165) is 12.1 Å². The summed E-state index contributed by atoms with van der Waals surface area (Å²) in [6, 6.07) is 3.23. The zero-order valence-corrected chi connectivity index (χ0v) is 10.8. The van der Waals surface area contributed by atoms with Gasteiger partial charge in [0.15, 0.2) is 0 Å². The Balaban J connectivity index is 2.44. The van der Waals surface area contributed by atoms with Crippen molar-refractivity contribution in [3.8, 4) is 5.69 Å². The second kappa shape index (κ2) is 5.13. The van der Waals surface area contributed by atoms with Gasteiger partial charge in [-0.15, -0.1) is 0 Å². The number of alkyl halides is 3. The molecule has 0 aliphatic rings. The number of hydrogen-bond acceptors (Lipinski definition) is 2. The molecule has 0 aliphatic carbocycles. The molecule has 3 nitrogen and oxygen atoms in total. The van der Waals surface area contributed by atoms with E-state index < -0.39 is 11.7 Å². The van der Waals surface area contributed by atoms with Gasteiger partial charge in [-0.05, 0) is 25.1 Å². The highest BCUT2D eigenvalue weighted by molar-refractivity contribution is 6.32. The predicted molar refractivity (Wildman–Crippen MR) is 67.7 cm³/mol. The molecule has 0 atom stereocenters. The number of rotatable bonds is 3. The van der Waals surface area contributed by atoms with Crippen LogP contribution in [0.4, 0.5) is 19.1 Å². The summed E-state index contributed by atoms with van der Waals surface area (Å²) >= 11 is 5.92. The minimum absolute atomic E-state index is 0.0204. The lowest BCUT2D eigenvalue weighted by Crippen LogP contribution is -2.08. The molecule has 1 N–H and O–H groups in total. The van der Waals surface area contributed by atoms with Gasteiger partial charge in [0.25, 0.3) is 0 Å². The molecule has 0 saturated heterocycles. The quantitative estimate of drug-likeness (QED) is 0.926. The van der Waals surface area contributed by atoms with Crippen molar-refractivity contribution in [3.63, 3.8) is 0 Å². The van der Waals surface area contributed by atoms with E-state index in [4.69, 9.17) is 11.6 Å². The highest BCUT2D eigenvalue weighted by Gasteiger charge is 2.31. The van der Waals surface area contributed by atoms with Crippen molar-refractivity contribution in [1.82, 2.24) is 9.55 Å². The molecule has 1 aromatic carbocycles. The van der Waals surface area contributed by atoms with Crippen molar-refractivity contribution < 1.29 is 13.2 Å². The van der Waals surface area contributed by atoms with Gasteiger partial charge in [-0.25, -0.2) is 4.98 Å². The number of imidazole rings is 1. The van der Waals surface area contributed by atoms with Gasteiger partial charge >= 0.3 is 6.18 Å². The van der Waals surface area contributed by atoms with E-state index in [1.54, 1.807) is 17.0 Å². The molecule has 7 heteroatoms. The van der Waals surface area contributed by atoms with Crippen molar-refractivity contribution in [2.45, 2.75) is 13.1 Å². The Morgan fingerprint density at radius 3 is 2.68 bits per heavy atom. The number of nitrogens with one attached hydrogen (secondary N) is 1. The van der Waals surface area contributed by atoms with E-state index >= 15 is 0 Å². The lowest BCUT2D eigenvalue weighted by atomic mass is 10.2. The third-order valence-corrected chi connectivity index (χ3v) is 2.81. The zero-order valence-electron chi connectivity index (χ0n) is 10.0. The molecule has 19 heavy (non-hydrogen) atoms. The molecule has 0 radical (unpaired) electrons. The third-order valence-electron chi connectivity index (χ3n) is 2.51. The van der Waals surface area contributed by atoms with Gasteiger partial charge in [0.2, 0.25) is 5.95 Å². The summed E-state index contributed by atoms with van der Waals surface area (Å²) in [5.41, 5.74) is -0.325. The summed E-state index contributed by atoms with van der Waals surface area (Å²) < 4.78 is 39.3. The lowest BCUT2D eigenvalue weighted by Gasteiger charge is -2.12. The van der Waals surface area contributed by atoms with E-state index in [2.05, 4.69) is 10.3 Å². The van der Waals surface area contributed by atoms with Crippen LogP contribution in [0.1, 0.15) is 12.5 Å². The van der Waals surface area contributed by atoms with E-state index in [0.29, 0.717) is 18.2 Å². The van der Waals surface area contributed by atoms with Gasteiger partial charge in [-0.1, -0.05) is 11.6 Å². The van der Waals surface area contributed by atoms with Gasteiger partial charge in [0.1, 0.15) is 0 Å². The Morgan fingerprint density at radius 1 is 1.37 bits per heavy atom. The molecule has 2 rings (SSSR count). The summed E-state index contributed by atoms with van der Waals surface area (Å²) in [7, 11) is 0. The molecule has 2 aromatic rings. The van der Waals surface area contributed by atoms with Crippen molar-refractivity contribution in [2.75, 3.05) is 11.9 Å². The van der Waals surface area contributed by atoms with Crippen molar-refractivity contribution >= 4 is 17.5 Å². The zero-order chi connectivity index (χ0) is 14.0. The molecular formula is C12H11ClF3N3. The Bertz CT molecular complexity index is 578. The molecule has 0 aliphatic heterocycles. The van der Waals surface area contributed by atoms with Gasteiger partial charge in [0, 0.05) is 18.9 Å². The van der Waals surface area contributed by atoms with Gasteiger partial charge < -0.3 is 5.32 Å². The van der Waals surface area contributed by atoms with Crippen LogP contribution >= 0.6 is 11.6 Å². The molecule has 1 aromatic heterocycles. The fourth-order valence-corrected chi connectivity index (χ4v) is 1.94. The fraction of sp³-hybridized carbons (Fsp3) is 0.250. The maximum atomic E-state index is 12.6. The van der Waals surface area contributed by atoms with Crippen molar-refractivity contribution in [1.29, 1.82) is 0 Å². The molecule has 0 amide bonds. The minimum atomic E-state index is -4.40. The predicted octanol–water partition coefficient (Wildman–Crippen LogP) is 3.98. The normalized spacial score (nSPS) is 11.6. The Kier molecular flexibility index (Phi) is 3.71. The number of hydrogen-bond donors (Lipinski definition) is 1. The SMILES string of the molecule is CCNc1nccn1-c1ccc(C(F)(F)F)cc1Cl. The molecule has 0 saturated carbocycles. The molecule has 1 heterocycles. The van der Waals surface area contributed by atoms with Crippen LogP contribution in [0.15, 0.2) is 30.6 Å². The first-order chi connectivity index (χ1) is 8.93. The van der Waals surface area contributed by atoms with Crippen molar-refractivity contribution in [3.05, 3.63) is 41.2 Å². The number of nitrogens with zero attached hydrogens (tertiary/aromatic N) is 2. The summed E-state index contributed by atoms with van der Waals surface area (Å²) in [5.74, 6) is 0.532. The van der Waals surface area contributed by atoms with Crippen LogP contribution in [0.5, 0.6) is 0 Å². The van der Waals surface area contributed by atoms with Gasteiger partial charge in [0.05, 0.1) is 16.3 Å². The average Bonchev–Trinajstić information content (AvgIpc) is 2.76. The highest BCUT2D eigenvalue weighted by atomic mass is 35.5. The summed E-state index contributed by atoms with van der Waals surface area (Å²) in [6.07, 6.45) is -1.22. The van der Waals surface area contributed by atoms with Crippen LogP contribution in [0.3, 0.4) is 0 Å². The summed E-state index contributed by atoms with van der Waals surface area (Å²) in [5, 5.41) is 3.02. The standard InChI is InChI=1S/C12H11ClF3N3/c1-2-17-11-18-5-6-19(11)10-4-3-8(7-9(10)13)12(14,15)16/h3-7H,2H2,1H3,(H,17,18). The maximum Gasteiger partial charge on any atom is 0.416 e. The van der Waals surface area contributed by atoms with Crippen LogP contribution in [0, 0.1) is 0 Å². The topological polar surface area (TPSA) is 29.9 Å². The Hall–Kier alpha value is -1.69. The maximum absolute atomic E-state index is 12.6. The second-order valence-corrected chi connectivity index (χ2v) is 4.22. The average molecular weight is 290 g/mol. The van der Waals surface area contributed by atoms with Gasteiger partial charge in [-0.3, -0.25) is 4.57 Å². The smallest absolute Gasteiger partial charge is 0.356 e. The summed E-state index contributed by atoms with van der Waals surface area (Å²) in [4.78, 5) is 4.07. The summed E-state index contributed by atoms with van der Waals surface area (Å²) in [6.45, 7) is 2.54. The number of halogens is 4. The molecule has 0 unspecified atom stereocenters. The molecular weight excluding hydrogens is 279 g/mol. The third kappa shape index (κ3) is 2.84. The first-order valence-corrected chi connectivity index (χ1v) is 5.95. The van der Waals surface area contributed by atoms with Crippen LogP contribution in [-0.4, -0.2) is 16.1 Å². The van der Waals surface area contributed by atoms with Crippen LogP contribution in [0.25, 0.3) is 5.69 Å². The van der Waals surface area contributed by atoms with Crippen LogP contribution in [-0.2, 0) is 6.18 Å². The Labute approximate surface area is 113 Å². The lowest BCUT2D eigenvalue weighted by molar-refractivity contribution is -0.137. The second-order valence-electron chi connectivity index (χ2n) is 3.82. The largest absolute Gasteiger partial charge is 0.416 e. The first-order valence-electron chi connectivity index (χ1n) is 5.58. The highest BCUT2D eigenvalue weighted by Crippen LogP contribution is 2.33. The molecule has 0 spiro atoms. The monoisotopic (exact) mass is 289 g/mol. The van der Waals surface area contributed by atoms with Gasteiger partial charge in [-0.2, -0.15) is 13.2 Å². The van der Waals surface area contributed by atoms with Crippen LogP contribution < -0.4 is 5.32 Å². The molecule has 102 valence electrons. The minimum Gasteiger partial charge on any atom is -0.356 e. The van der Waals surface area contributed by atoms with Crippen LogP contribution in [0.2, 0.25) is 5.02 Å². The molecule has 0 bridgehead atoms.